The number of imide groups is 1. The van der Waals surface area contributed by atoms with Crippen molar-refractivity contribution in [2.24, 2.45) is 0 Å². The van der Waals surface area contributed by atoms with Gasteiger partial charge in [-0.15, -0.1) is 0 Å². The number of methoxy groups -OCH3 is 1. The number of benzene rings is 2. The minimum atomic E-state index is -0.635. The SMILES string of the molecule is COCC(Nc1ccc(Br)cc1)=C1CCN(C(=O)OCc2ccccc2)C1=O. The minimum absolute atomic E-state index is 0.130. The van der Waals surface area contributed by atoms with E-state index in [4.69, 9.17) is 9.47 Å². The fraction of sp³-hybridized carbons (Fsp3) is 0.238. The Labute approximate surface area is 172 Å². The summed E-state index contributed by atoms with van der Waals surface area (Å²) in [7, 11) is 1.56. The average Bonchev–Trinajstić information content (AvgIpc) is 3.09. The highest BCUT2D eigenvalue weighted by Crippen LogP contribution is 2.24. The van der Waals surface area contributed by atoms with Crippen molar-refractivity contribution in [1.29, 1.82) is 0 Å². The molecule has 6 nitrogen and oxygen atoms in total. The summed E-state index contributed by atoms with van der Waals surface area (Å²) in [6.45, 7) is 0.658. The number of halogens is 1. The Hall–Kier alpha value is -2.64. The van der Waals surface area contributed by atoms with Crippen LogP contribution in [0.15, 0.2) is 70.3 Å². The molecule has 2 amide bonds. The molecule has 0 aromatic heterocycles. The van der Waals surface area contributed by atoms with E-state index < -0.39 is 6.09 Å². The van der Waals surface area contributed by atoms with Gasteiger partial charge in [-0.2, -0.15) is 0 Å². The molecule has 146 valence electrons. The zero-order valence-corrected chi connectivity index (χ0v) is 17.1. The molecule has 0 aliphatic carbocycles. The van der Waals surface area contributed by atoms with Gasteiger partial charge in [-0.05, 0) is 36.2 Å². The van der Waals surface area contributed by atoms with Crippen molar-refractivity contribution in [1.82, 2.24) is 4.90 Å². The van der Waals surface area contributed by atoms with Crippen molar-refractivity contribution in [3.05, 3.63) is 75.9 Å². The lowest BCUT2D eigenvalue weighted by molar-refractivity contribution is -0.123. The number of carbonyl (C=O) groups excluding carboxylic acids is 2. The zero-order valence-electron chi connectivity index (χ0n) is 15.5. The summed E-state index contributed by atoms with van der Waals surface area (Å²) >= 11 is 3.40. The monoisotopic (exact) mass is 444 g/mol. The maximum absolute atomic E-state index is 12.8. The molecule has 2 aromatic carbocycles. The Kier molecular flexibility index (Phi) is 6.84. The molecule has 28 heavy (non-hydrogen) atoms. The van der Waals surface area contributed by atoms with Crippen molar-refractivity contribution in [2.45, 2.75) is 13.0 Å². The number of nitrogens with one attached hydrogen (secondary N) is 1. The number of hydrogen-bond acceptors (Lipinski definition) is 5. The smallest absolute Gasteiger partial charge is 0.417 e. The Balaban J connectivity index is 1.69. The van der Waals surface area contributed by atoms with E-state index in [0.717, 1.165) is 20.6 Å². The number of rotatable bonds is 6. The van der Waals surface area contributed by atoms with E-state index in [2.05, 4.69) is 21.2 Å². The van der Waals surface area contributed by atoms with Gasteiger partial charge in [0.2, 0.25) is 0 Å². The molecule has 1 fully saturated rings. The van der Waals surface area contributed by atoms with Gasteiger partial charge in [0.1, 0.15) is 6.61 Å². The second kappa shape index (κ2) is 9.52. The third-order valence-corrected chi connectivity index (χ3v) is 4.84. The molecular formula is C21H21BrN2O4. The van der Waals surface area contributed by atoms with Crippen molar-refractivity contribution < 1.29 is 19.1 Å². The topological polar surface area (TPSA) is 67.9 Å². The van der Waals surface area contributed by atoms with E-state index in [9.17, 15) is 9.59 Å². The molecule has 1 saturated heterocycles. The molecule has 1 aliphatic rings. The quantitative estimate of drug-likeness (QED) is 0.671. The summed E-state index contributed by atoms with van der Waals surface area (Å²) in [6.07, 6.45) is -0.189. The lowest BCUT2D eigenvalue weighted by Crippen LogP contribution is -2.33. The molecule has 0 saturated carbocycles. The van der Waals surface area contributed by atoms with Crippen LogP contribution < -0.4 is 5.32 Å². The van der Waals surface area contributed by atoms with Gasteiger partial charge in [0.15, 0.2) is 0 Å². The molecule has 0 bridgehead atoms. The van der Waals surface area contributed by atoms with E-state index in [0.29, 0.717) is 17.7 Å². The molecule has 0 atom stereocenters. The first-order valence-electron chi connectivity index (χ1n) is 8.84. The molecular weight excluding hydrogens is 424 g/mol. The molecule has 1 heterocycles. The van der Waals surface area contributed by atoms with E-state index in [1.54, 1.807) is 7.11 Å². The summed E-state index contributed by atoms with van der Waals surface area (Å²) in [6, 6.07) is 17.0. The first-order chi connectivity index (χ1) is 13.6. The van der Waals surface area contributed by atoms with Gasteiger partial charge in [0.05, 0.1) is 12.3 Å². The first-order valence-corrected chi connectivity index (χ1v) is 9.64. The third-order valence-electron chi connectivity index (χ3n) is 4.31. The van der Waals surface area contributed by atoms with Crippen LogP contribution in [0.4, 0.5) is 10.5 Å². The highest BCUT2D eigenvalue weighted by Gasteiger charge is 2.34. The number of amides is 2. The molecule has 7 heteroatoms. The minimum Gasteiger partial charge on any atom is -0.444 e. The van der Waals surface area contributed by atoms with Gasteiger partial charge < -0.3 is 14.8 Å². The summed E-state index contributed by atoms with van der Waals surface area (Å²) < 4.78 is 11.5. The molecule has 0 radical (unpaired) electrons. The van der Waals surface area contributed by atoms with Crippen LogP contribution in [0.3, 0.4) is 0 Å². The van der Waals surface area contributed by atoms with E-state index in [1.807, 2.05) is 54.6 Å². The maximum atomic E-state index is 12.8. The molecule has 3 rings (SSSR count). The largest absolute Gasteiger partial charge is 0.444 e. The highest BCUT2D eigenvalue weighted by molar-refractivity contribution is 9.10. The van der Waals surface area contributed by atoms with Crippen LogP contribution in [0.2, 0.25) is 0 Å². The van der Waals surface area contributed by atoms with Crippen molar-refractivity contribution in [3.63, 3.8) is 0 Å². The van der Waals surface area contributed by atoms with E-state index in [-0.39, 0.29) is 25.7 Å². The van der Waals surface area contributed by atoms with E-state index in [1.165, 1.54) is 0 Å². The second-order valence-electron chi connectivity index (χ2n) is 6.27. The van der Waals surface area contributed by atoms with Crippen molar-refractivity contribution in [3.8, 4) is 0 Å². The van der Waals surface area contributed by atoms with Crippen LogP contribution in [0.5, 0.6) is 0 Å². The van der Waals surface area contributed by atoms with Crippen LogP contribution in [0, 0.1) is 0 Å². The molecule has 0 spiro atoms. The van der Waals surface area contributed by atoms with Gasteiger partial charge in [0.25, 0.3) is 5.91 Å². The number of nitrogens with zero attached hydrogens (tertiary/aromatic N) is 1. The summed E-state index contributed by atoms with van der Waals surface area (Å²) in [5.74, 6) is -0.352. The van der Waals surface area contributed by atoms with Crippen LogP contribution in [-0.2, 0) is 20.9 Å². The van der Waals surface area contributed by atoms with Gasteiger partial charge in [0, 0.05) is 29.4 Å². The number of anilines is 1. The Morgan fingerprint density at radius 3 is 2.54 bits per heavy atom. The van der Waals surface area contributed by atoms with Crippen molar-refractivity contribution >= 4 is 33.6 Å². The summed E-state index contributed by atoms with van der Waals surface area (Å²) in [4.78, 5) is 26.3. The second-order valence-corrected chi connectivity index (χ2v) is 7.18. The molecule has 0 unspecified atom stereocenters. The fourth-order valence-corrected chi connectivity index (χ4v) is 3.16. The van der Waals surface area contributed by atoms with E-state index >= 15 is 0 Å². The first kappa shape index (κ1) is 20.1. The van der Waals surface area contributed by atoms with Gasteiger partial charge in [-0.1, -0.05) is 46.3 Å². The normalized spacial score (nSPS) is 15.5. The van der Waals surface area contributed by atoms with Crippen LogP contribution in [-0.4, -0.2) is 37.2 Å². The summed E-state index contributed by atoms with van der Waals surface area (Å²) in [5, 5.41) is 3.23. The predicted molar refractivity (Wildman–Crippen MR) is 110 cm³/mol. The third kappa shape index (κ3) is 4.99. The van der Waals surface area contributed by atoms with Crippen LogP contribution in [0.1, 0.15) is 12.0 Å². The van der Waals surface area contributed by atoms with Crippen LogP contribution >= 0.6 is 15.9 Å². The lowest BCUT2D eigenvalue weighted by atomic mass is 10.1. The van der Waals surface area contributed by atoms with Crippen LogP contribution in [0.25, 0.3) is 0 Å². The summed E-state index contributed by atoms with van der Waals surface area (Å²) in [5.41, 5.74) is 2.88. The molecule has 2 aromatic rings. The number of ether oxygens (including phenoxy) is 2. The van der Waals surface area contributed by atoms with Crippen molar-refractivity contribution in [2.75, 3.05) is 25.6 Å². The highest BCUT2D eigenvalue weighted by atomic mass is 79.9. The maximum Gasteiger partial charge on any atom is 0.417 e. The van der Waals surface area contributed by atoms with Gasteiger partial charge in [-0.3, -0.25) is 4.79 Å². The Morgan fingerprint density at radius 1 is 1.14 bits per heavy atom. The predicted octanol–water partition coefficient (Wildman–Crippen LogP) is 4.33. The standard InChI is InChI=1S/C21H21BrN2O4/c1-27-14-19(23-17-9-7-16(22)8-10-17)18-11-12-24(20(18)25)21(26)28-13-15-5-3-2-4-6-15/h2-10,23H,11-14H2,1H3. The number of likely N-dealkylation sites (tertiary alicyclic amines) is 1. The number of carbonyl (C=O) groups is 2. The lowest BCUT2D eigenvalue weighted by Gasteiger charge is -2.15. The molecule has 1 aliphatic heterocycles. The number of hydrogen-bond donors (Lipinski definition) is 1. The average molecular weight is 445 g/mol. The zero-order chi connectivity index (χ0) is 19.9. The van der Waals surface area contributed by atoms with Gasteiger partial charge in [-0.25, -0.2) is 9.69 Å². The molecule has 1 N–H and O–H groups in total. The Morgan fingerprint density at radius 2 is 1.86 bits per heavy atom. The fourth-order valence-electron chi connectivity index (χ4n) is 2.90. The van der Waals surface area contributed by atoms with Gasteiger partial charge >= 0.3 is 6.09 Å². The Bertz CT molecular complexity index is 866.